The maximum Gasteiger partial charge on any atom is 0.140 e. The Bertz CT molecular complexity index is 537. The molecule has 2 aromatic rings. The average Bonchev–Trinajstić information content (AvgIpc) is 2.39. The zero-order valence-corrected chi connectivity index (χ0v) is 10.1. The monoisotopic (exact) mass is 248 g/mol. The van der Waals surface area contributed by atoms with Crippen molar-refractivity contribution in [2.24, 2.45) is 0 Å². The van der Waals surface area contributed by atoms with Gasteiger partial charge in [-0.25, -0.2) is 4.98 Å². The number of nitrogens with one attached hydrogen (secondary N) is 1. The van der Waals surface area contributed by atoms with Crippen LogP contribution in [-0.2, 0) is 0 Å². The van der Waals surface area contributed by atoms with Gasteiger partial charge in [-0.15, -0.1) is 0 Å². The van der Waals surface area contributed by atoms with Gasteiger partial charge in [0.25, 0.3) is 0 Å². The number of anilines is 1. The Morgan fingerprint density at radius 1 is 1.41 bits per heavy atom. The number of rotatable bonds is 1. The molecule has 0 aromatic carbocycles. The van der Waals surface area contributed by atoms with Gasteiger partial charge in [0.2, 0.25) is 0 Å². The summed E-state index contributed by atoms with van der Waals surface area (Å²) >= 11 is 6.04. The molecule has 4 nitrogen and oxygen atoms in total. The second kappa shape index (κ2) is 4.47. The van der Waals surface area contributed by atoms with Crippen LogP contribution in [0.4, 0.5) is 5.82 Å². The van der Waals surface area contributed by atoms with Crippen molar-refractivity contribution in [2.75, 3.05) is 24.7 Å². The molecule has 1 aliphatic rings. The molecule has 0 radical (unpaired) electrons. The first kappa shape index (κ1) is 10.7. The maximum absolute atomic E-state index is 6.04. The lowest BCUT2D eigenvalue weighted by molar-refractivity contribution is 0.550. The van der Waals surface area contributed by atoms with Gasteiger partial charge in [0.1, 0.15) is 11.0 Å². The highest BCUT2D eigenvalue weighted by atomic mass is 35.5. The van der Waals surface area contributed by atoms with Gasteiger partial charge in [0, 0.05) is 24.2 Å². The number of hydrogen-bond acceptors (Lipinski definition) is 4. The van der Waals surface area contributed by atoms with Crippen molar-refractivity contribution in [3.05, 3.63) is 29.5 Å². The Kier molecular flexibility index (Phi) is 2.82. The van der Waals surface area contributed by atoms with E-state index < -0.39 is 0 Å². The third-order valence-corrected chi connectivity index (χ3v) is 3.13. The van der Waals surface area contributed by atoms with E-state index in [1.807, 2.05) is 12.1 Å². The largest absolute Gasteiger partial charge is 0.343 e. The molecule has 3 heterocycles. The molecule has 0 spiro atoms. The van der Waals surface area contributed by atoms with Gasteiger partial charge < -0.3 is 4.90 Å². The third-order valence-electron chi connectivity index (χ3n) is 2.93. The average molecular weight is 249 g/mol. The predicted octanol–water partition coefficient (Wildman–Crippen LogP) is 2.04. The first-order valence-electron chi connectivity index (χ1n) is 5.71. The van der Waals surface area contributed by atoms with Gasteiger partial charge in [-0.1, -0.05) is 11.6 Å². The van der Waals surface area contributed by atoms with E-state index >= 15 is 0 Å². The van der Waals surface area contributed by atoms with Gasteiger partial charge in [-0.3, -0.25) is 10.3 Å². The minimum atomic E-state index is 0.497. The standard InChI is InChI=1S/C12H13ClN4/c13-11-7-10-9(3-1-5-15-10)12(16-11)17-6-2-4-14-8-17/h1,3,5,7,14H,2,4,6,8H2. The first-order chi connectivity index (χ1) is 8.34. The van der Waals surface area contributed by atoms with E-state index in [-0.39, 0.29) is 0 Å². The molecule has 3 rings (SSSR count). The highest BCUT2D eigenvalue weighted by molar-refractivity contribution is 6.30. The summed E-state index contributed by atoms with van der Waals surface area (Å²) in [5.41, 5.74) is 0.896. The number of pyridine rings is 2. The Morgan fingerprint density at radius 3 is 3.18 bits per heavy atom. The molecule has 0 bridgehead atoms. The molecule has 0 atom stereocenters. The second-order valence-corrected chi connectivity index (χ2v) is 4.50. The summed E-state index contributed by atoms with van der Waals surface area (Å²) in [5, 5.41) is 4.89. The van der Waals surface area contributed by atoms with Crippen molar-refractivity contribution >= 4 is 28.3 Å². The zero-order valence-electron chi connectivity index (χ0n) is 9.36. The summed E-state index contributed by atoms with van der Waals surface area (Å²) < 4.78 is 0. The van der Waals surface area contributed by atoms with E-state index in [2.05, 4.69) is 20.2 Å². The molecule has 0 unspecified atom stereocenters. The molecule has 88 valence electrons. The van der Waals surface area contributed by atoms with E-state index in [4.69, 9.17) is 11.6 Å². The fraction of sp³-hybridized carbons (Fsp3) is 0.333. The van der Waals surface area contributed by atoms with Crippen molar-refractivity contribution in [1.82, 2.24) is 15.3 Å². The van der Waals surface area contributed by atoms with Crippen molar-refractivity contribution in [2.45, 2.75) is 6.42 Å². The van der Waals surface area contributed by atoms with E-state index in [1.165, 1.54) is 0 Å². The normalized spacial score (nSPS) is 16.4. The van der Waals surface area contributed by atoms with E-state index in [0.29, 0.717) is 5.15 Å². The van der Waals surface area contributed by atoms with Gasteiger partial charge in [-0.2, -0.15) is 0 Å². The molecular formula is C12H13ClN4. The van der Waals surface area contributed by atoms with Gasteiger partial charge >= 0.3 is 0 Å². The topological polar surface area (TPSA) is 41.1 Å². The summed E-state index contributed by atoms with van der Waals surface area (Å²) in [6.07, 6.45) is 2.90. The highest BCUT2D eigenvalue weighted by Crippen LogP contribution is 2.26. The van der Waals surface area contributed by atoms with Crippen molar-refractivity contribution in [1.29, 1.82) is 0 Å². The predicted molar refractivity (Wildman–Crippen MR) is 69.4 cm³/mol. The smallest absolute Gasteiger partial charge is 0.140 e. The van der Waals surface area contributed by atoms with Crippen LogP contribution < -0.4 is 10.2 Å². The fourth-order valence-corrected chi connectivity index (χ4v) is 2.32. The Labute approximate surface area is 105 Å². The lowest BCUT2D eigenvalue weighted by atomic mass is 10.2. The minimum Gasteiger partial charge on any atom is -0.343 e. The molecule has 1 N–H and O–H groups in total. The summed E-state index contributed by atoms with van der Waals surface area (Å²) in [5.74, 6) is 0.924. The Morgan fingerprint density at radius 2 is 2.35 bits per heavy atom. The SMILES string of the molecule is Clc1cc2ncccc2c(N2CCCNC2)n1. The lowest BCUT2D eigenvalue weighted by Gasteiger charge is -2.29. The molecule has 2 aromatic heterocycles. The Hall–Kier alpha value is -1.39. The van der Waals surface area contributed by atoms with Crippen molar-refractivity contribution < 1.29 is 0 Å². The molecule has 17 heavy (non-hydrogen) atoms. The highest BCUT2D eigenvalue weighted by Gasteiger charge is 2.15. The molecule has 0 saturated carbocycles. The summed E-state index contributed by atoms with van der Waals surface area (Å²) in [6, 6.07) is 5.77. The van der Waals surface area contributed by atoms with Crippen LogP contribution in [0.1, 0.15) is 6.42 Å². The van der Waals surface area contributed by atoms with Crippen LogP contribution in [0.25, 0.3) is 10.9 Å². The maximum atomic E-state index is 6.04. The van der Waals surface area contributed by atoms with Crippen LogP contribution >= 0.6 is 11.6 Å². The number of nitrogens with zero attached hydrogens (tertiary/aromatic N) is 3. The van der Waals surface area contributed by atoms with Crippen LogP contribution in [0.3, 0.4) is 0 Å². The number of halogens is 1. The van der Waals surface area contributed by atoms with Gasteiger partial charge in [0.05, 0.1) is 12.2 Å². The van der Waals surface area contributed by atoms with Gasteiger partial charge in [-0.05, 0) is 25.1 Å². The van der Waals surface area contributed by atoms with Crippen LogP contribution in [0.5, 0.6) is 0 Å². The molecular weight excluding hydrogens is 236 g/mol. The van der Waals surface area contributed by atoms with Crippen LogP contribution in [0.15, 0.2) is 24.4 Å². The molecule has 0 aliphatic carbocycles. The van der Waals surface area contributed by atoms with Crippen LogP contribution in [0, 0.1) is 0 Å². The fourth-order valence-electron chi connectivity index (χ4n) is 2.14. The van der Waals surface area contributed by atoms with E-state index in [0.717, 1.165) is 42.9 Å². The molecule has 0 amide bonds. The number of hydrogen-bond donors (Lipinski definition) is 1. The van der Waals surface area contributed by atoms with Crippen LogP contribution in [0.2, 0.25) is 5.15 Å². The van der Waals surface area contributed by atoms with Crippen LogP contribution in [-0.4, -0.2) is 29.7 Å². The molecule has 5 heteroatoms. The van der Waals surface area contributed by atoms with E-state index in [1.54, 1.807) is 12.3 Å². The molecule has 1 saturated heterocycles. The summed E-state index contributed by atoms with van der Waals surface area (Å²) in [7, 11) is 0. The summed E-state index contributed by atoms with van der Waals surface area (Å²) in [4.78, 5) is 11.0. The number of fused-ring (bicyclic) bond motifs is 1. The number of aromatic nitrogens is 2. The zero-order chi connectivity index (χ0) is 11.7. The first-order valence-corrected chi connectivity index (χ1v) is 6.09. The third kappa shape index (κ3) is 2.06. The Balaban J connectivity index is 2.13. The van der Waals surface area contributed by atoms with Crippen molar-refractivity contribution in [3.63, 3.8) is 0 Å². The second-order valence-electron chi connectivity index (χ2n) is 4.11. The summed E-state index contributed by atoms with van der Waals surface area (Å²) in [6.45, 7) is 2.88. The van der Waals surface area contributed by atoms with E-state index in [9.17, 15) is 0 Å². The van der Waals surface area contributed by atoms with Crippen molar-refractivity contribution in [3.8, 4) is 0 Å². The lowest BCUT2D eigenvalue weighted by Crippen LogP contribution is -2.42. The molecule has 1 aliphatic heterocycles. The molecule has 1 fully saturated rings. The minimum absolute atomic E-state index is 0.497. The quantitative estimate of drug-likeness (QED) is 0.785. The van der Waals surface area contributed by atoms with Gasteiger partial charge in [0.15, 0.2) is 0 Å².